The van der Waals surface area contributed by atoms with E-state index in [0.717, 1.165) is 5.56 Å². The molecular formula is C12H11Cl2NO2. The average molecular weight is 272 g/mol. The summed E-state index contributed by atoms with van der Waals surface area (Å²) in [6.45, 7) is 0.385. The lowest BCUT2D eigenvalue weighted by Crippen LogP contribution is -2.36. The van der Waals surface area contributed by atoms with Gasteiger partial charge in [0.1, 0.15) is 5.03 Å². The SMILES string of the molecule is O=C1C(Cl)=C(Cl)[C@@H](O)N1CCc1ccccc1. The van der Waals surface area contributed by atoms with Crippen molar-refractivity contribution < 1.29 is 9.90 Å². The third kappa shape index (κ3) is 2.46. The summed E-state index contributed by atoms with van der Waals surface area (Å²) in [6.07, 6.45) is -0.460. The predicted molar refractivity (Wildman–Crippen MR) is 66.6 cm³/mol. The number of hydrogen-bond acceptors (Lipinski definition) is 2. The molecule has 0 unspecified atom stereocenters. The zero-order valence-corrected chi connectivity index (χ0v) is 10.4. The fourth-order valence-corrected chi connectivity index (χ4v) is 2.11. The lowest BCUT2D eigenvalue weighted by Gasteiger charge is -2.20. The number of aliphatic hydroxyl groups is 1. The van der Waals surface area contributed by atoms with Gasteiger partial charge < -0.3 is 10.0 Å². The maximum absolute atomic E-state index is 11.6. The molecule has 2 rings (SSSR count). The van der Waals surface area contributed by atoms with Crippen LogP contribution in [0.15, 0.2) is 40.4 Å². The molecule has 1 aliphatic heterocycles. The Kier molecular flexibility index (Phi) is 3.72. The van der Waals surface area contributed by atoms with Gasteiger partial charge in [0.05, 0.1) is 5.03 Å². The van der Waals surface area contributed by atoms with Gasteiger partial charge in [-0.2, -0.15) is 0 Å². The molecule has 0 saturated carbocycles. The minimum atomic E-state index is -1.11. The van der Waals surface area contributed by atoms with E-state index in [2.05, 4.69) is 0 Å². The molecule has 17 heavy (non-hydrogen) atoms. The van der Waals surface area contributed by atoms with E-state index in [0.29, 0.717) is 13.0 Å². The minimum absolute atomic E-state index is 0.00438. The van der Waals surface area contributed by atoms with Gasteiger partial charge in [-0.3, -0.25) is 4.79 Å². The first-order valence-electron chi connectivity index (χ1n) is 5.19. The van der Waals surface area contributed by atoms with Crippen molar-refractivity contribution in [2.24, 2.45) is 0 Å². The van der Waals surface area contributed by atoms with E-state index < -0.39 is 12.1 Å². The first-order valence-corrected chi connectivity index (χ1v) is 5.95. The van der Waals surface area contributed by atoms with Crippen LogP contribution >= 0.6 is 23.2 Å². The Labute approximate surface area is 109 Å². The molecule has 3 nitrogen and oxygen atoms in total. The van der Waals surface area contributed by atoms with Gasteiger partial charge >= 0.3 is 0 Å². The van der Waals surface area contributed by atoms with Crippen molar-refractivity contribution in [1.82, 2.24) is 4.90 Å². The van der Waals surface area contributed by atoms with E-state index in [9.17, 15) is 9.90 Å². The molecule has 1 N–H and O–H groups in total. The van der Waals surface area contributed by atoms with E-state index in [-0.39, 0.29) is 10.1 Å². The first kappa shape index (κ1) is 12.4. The van der Waals surface area contributed by atoms with Gasteiger partial charge in [0.15, 0.2) is 6.23 Å². The average Bonchev–Trinajstić information content (AvgIpc) is 2.54. The van der Waals surface area contributed by atoms with Crippen molar-refractivity contribution in [3.63, 3.8) is 0 Å². The van der Waals surface area contributed by atoms with Gasteiger partial charge in [0.25, 0.3) is 5.91 Å². The topological polar surface area (TPSA) is 40.5 Å². The molecule has 0 radical (unpaired) electrons. The lowest BCUT2D eigenvalue weighted by molar-refractivity contribution is -0.131. The van der Waals surface area contributed by atoms with Crippen LogP contribution < -0.4 is 0 Å². The number of hydrogen-bond donors (Lipinski definition) is 1. The quantitative estimate of drug-likeness (QED) is 0.915. The normalized spacial score (nSPS) is 20.3. The van der Waals surface area contributed by atoms with Gasteiger partial charge in [0.2, 0.25) is 0 Å². The summed E-state index contributed by atoms with van der Waals surface area (Å²) >= 11 is 11.4. The zero-order chi connectivity index (χ0) is 12.4. The van der Waals surface area contributed by atoms with Crippen molar-refractivity contribution >= 4 is 29.1 Å². The second-order valence-electron chi connectivity index (χ2n) is 3.77. The molecule has 1 amide bonds. The summed E-state index contributed by atoms with van der Waals surface area (Å²) in [6, 6.07) is 9.70. The number of aliphatic hydroxyl groups excluding tert-OH is 1. The lowest BCUT2D eigenvalue weighted by atomic mass is 10.1. The highest BCUT2D eigenvalue weighted by Crippen LogP contribution is 2.29. The number of nitrogens with zero attached hydrogens (tertiary/aromatic N) is 1. The van der Waals surface area contributed by atoms with Gasteiger partial charge in [-0.05, 0) is 12.0 Å². The van der Waals surface area contributed by atoms with Gasteiger partial charge in [-0.1, -0.05) is 53.5 Å². The molecule has 1 aromatic carbocycles. The summed E-state index contributed by atoms with van der Waals surface area (Å²) in [5, 5.41) is 9.62. The van der Waals surface area contributed by atoms with Crippen LogP contribution in [0.2, 0.25) is 0 Å². The van der Waals surface area contributed by atoms with Crippen LogP contribution in [-0.4, -0.2) is 28.7 Å². The molecule has 5 heteroatoms. The smallest absolute Gasteiger partial charge is 0.269 e. The Morgan fingerprint density at radius 3 is 2.41 bits per heavy atom. The predicted octanol–water partition coefficient (Wildman–Crippen LogP) is 2.08. The molecule has 1 aliphatic rings. The molecule has 0 spiro atoms. The summed E-state index contributed by atoms with van der Waals surface area (Å²) in [4.78, 5) is 12.9. The Balaban J connectivity index is 2.00. The molecular weight excluding hydrogens is 261 g/mol. The maximum atomic E-state index is 11.6. The van der Waals surface area contributed by atoms with Crippen molar-refractivity contribution in [2.45, 2.75) is 12.6 Å². The molecule has 0 bridgehead atoms. The van der Waals surface area contributed by atoms with Crippen LogP contribution in [0.1, 0.15) is 5.56 Å². The van der Waals surface area contributed by atoms with Crippen LogP contribution in [0, 0.1) is 0 Å². The first-order chi connectivity index (χ1) is 8.11. The molecule has 0 fully saturated rings. The van der Waals surface area contributed by atoms with Crippen LogP contribution in [0.4, 0.5) is 0 Å². The second kappa shape index (κ2) is 5.08. The Bertz CT molecular complexity index is 459. The highest BCUT2D eigenvalue weighted by atomic mass is 35.5. The molecule has 1 atom stereocenters. The number of carbonyl (C=O) groups is 1. The Morgan fingerprint density at radius 1 is 1.24 bits per heavy atom. The van der Waals surface area contributed by atoms with Crippen molar-refractivity contribution in [3.8, 4) is 0 Å². The number of benzene rings is 1. The van der Waals surface area contributed by atoms with Crippen LogP contribution in [0.25, 0.3) is 0 Å². The minimum Gasteiger partial charge on any atom is -0.368 e. The third-order valence-corrected chi connectivity index (χ3v) is 3.51. The zero-order valence-electron chi connectivity index (χ0n) is 8.94. The molecule has 1 aromatic rings. The highest BCUT2D eigenvalue weighted by molar-refractivity contribution is 6.49. The highest BCUT2D eigenvalue weighted by Gasteiger charge is 2.36. The molecule has 0 aliphatic carbocycles. The van der Waals surface area contributed by atoms with E-state index in [4.69, 9.17) is 23.2 Å². The van der Waals surface area contributed by atoms with Crippen molar-refractivity contribution in [2.75, 3.05) is 6.54 Å². The number of rotatable bonds is 3. The summed E-state index contributed by atoms with van der Waals surface area (Å²) in [5.41, 5.74) is 1.09. The molecule has 1 heterocycles. The molecule has 0 aromatic heterocycles. The van der Waals surface area contributed by atoms with Crippen molar-refractivity contribution in [1.29, 1.82) is 0 Å². The fraction of sp³-hybridized carbons (Fsp3) is 0.250. The van der Waals surface area contributed by atoms with Crippen LogP contribution in [0.3, 0.4) is 0 Å². The van der Waals surface area contributed by atoms with Crippen LogP contribution in [-0.2, 0) is 11.2 Å². The van der Waals surface area contributed by atoms with Crippen LogP contribution in [0.5, 0.6) is 0 Å². The Hall–Kier alpha value is -1.03. The monoisotopic (exact) mass is 271 g/mol. The second-order valence-corrected chi connectivity index (χ2v) is 4.55. The molecule has 0 saturated heterocycles. The number of amides is 1. The van der Waals surface area contributed by atoms with Gasteiger partial charge in [-0.25, -0.2) is 0 Å². The Morgan fingerprint density at radius 2 is 1.88 bits per heavy atom. The van der Waals surface area contributed by atoms with Gasteiger partial charge in [0, 0.05) is 6.54 Å². The van der Waals surface area contributed by atoms with Crippen molar-refractivity contribution in [3.05, 3.63) is 46.0 Å². The van der Waals surface area contributed by atoms with E-state index >= 15 is 0 Å². The van der Waals surface area contributed by atoms with Gasteiger partial charge in [-0.15, -0.1) is 0 Å². The standard InChI is InChI=1S/C12H11Cl2NO2/c13-9-10(14)12(17)15(11(9)16)7-6-8-4-2-1-3-5-8/h1-5,11,16H,6-7H2/t11-/m1/s1. The maximum Gasteiger partial charge on any atom is 0.269 e. The van der Waals surface area contributed by atoms with E-state index in [1.165, 1.54) is 4.90 Å². The number of halogens is 2. The van der Waals surface area contributed by atoms with E-state index in [1.54, 1.807) is 0 Å². The summed E-state index contributed by atoms with van der Waals surface area (Å²) in [5.74, 6) is -0.417. The summed E-state index contributed by atoms with van der Waals surface area (Å²) < 4.78 is 0. The third-order valence-electron chi connectivity index (χ3n) is 2.66. The largest absolute Gasteiger partial charge is 0.368 e. The summed E-state index contributed by atoms with van der Waals surface area (Å²) in [7, 11) is 0. The van der Waals surface area contributed by atoms with E-state index in [1.807, 2.05) is 30.3 Å². The number of carbonyl (C=O) groups excluding carboxylic acids is 1. The fourth-order valence-electron chi connectivity index (χ4n) is 1.71. The molecule has 90 valence electrons.